The summed E-state index contributed by atoms with van der Waals surface area (Å²) >= 11 is 0. The average molecular weight is 664 g/mol. The van der Waals surface area contributed by atoms with Gasteiger partial charge in [-0.15, -0.1) is 0 Å². The Morgan fingerprint density at radius 3 is 2.04 bits per heavy atom. The molecule has 2 aliphatic rings. The van der Waals surface area contributed by atoms with Crippen LogP contribution in [0.5, 0.6) is 5.75 Å². The van der Waals surface area contributed by atoms with Crippen molar-refractivity contribution in [3.8, 4) is 5.75 Å². The summed E-state index contributed by atoms with van der Waals surface area (Å²) in [5, 5.41) is 6.24. The molecule has 2 aromatic carbocycles. The molecule has 266 valence electrons. The van der Waals surface area contributed by atoms with Gasteiger partial charge < -0.3 is 29.9 Å². The second-order valence-corrected chi connectivity index (χ2v) is 13.3. The molecule has 9 heteroatoms. The molecule has 0 unspecified atom stereocenters. The standard InChI is InChI=1S/C39H61N5O4/c1-3-4-5-6-7-8-9-10-11-12-13-19-38(45)41-33-20-21-35(34(32-33)39(46)40-22-16-23-42-28-30-48-31-29-42)43-24-26-44(27-25-43)36-17-14-15-18-37(36)47-2/h14-15,17-18,20-21,32H,3-13,16,19,22-31H2,1-2H3,(H,40,46)(H,41,45). The number of hydrogen-bond acceptors (Lipinski definition) is 7. The van der Waals surface area contributed by atoms with Crippen molar-refractivity contribution in [3.63, 3.8) is 0 Å². The molecule has 2 aliphatic heterocycles. The molecule has 4 rings (SSSR count). The summed E-state index contributed by atoms with van der Waals surface area (Å²) < 4.78 is 11.1. The van der Waals surface area contributed by atoms with Gasteiger partial charge in [0.25, 0.3) is 5.91 Å². The van der Waals surface area contributed by atoms with Crippen LogP contribution >= 0.6 is 0 Å². The number of morpholine rings is 1. The molecule has 9 nitrogen and oxygen atoms in total. The molecule has 2 saturated heterocycles. The highest BCUT2D eigenvalue weighted by atomic mass is 16.5. The van der Waals surface area contributed by atoms with Gasteiger partial charge in [-0.3, -0.25) is 14.5 Å². The largest absolute Gasteiger partial charge is 0.495 e. The minimum Gasteiger partial charge on any atom is -0.495 e. The predicted molar refractivity (Wildman–Crippen MR) is 198 cm³/mol. The first-order valence-corrected chi connectivity index (χ1v) is 18.7. The molecule has 2 amide bonds. The zero-order chi connectivity index (χ0) is 33.8. The maximum absolute atomic E-state index is 13.6. The first-order chi connectivity index (χ1) is 23.6. The zero-order valence-corrected chi connectivity index (χ0v) is 29.8. The highest BCUT2D eigenvalue weighted by Gasteiger charge is 2.24. The van der Waals surface area contributed by atoms with Gasteiger partial charge >= 0.3 is 0 Å². The lowest BCUT2D eigenvalue weighted by Gasteiger charge is -2.38. The summed E-state index contributed by atoms with van der Waals surface area (Å²) in [7, 11) is 1.71. The van der Waals surface area contributed by atoms with Crippen molar-refractivity contribution in [3.05, 3.63) is 48.0 Å². The molecular formula is C39H61N5O4. The van der Waals surface area contributed by atoms with Gasteiger partial charge in [0.2, 0.25) is 5.91 Å². The van der Waals surface area contributed by atoms with Crippen molar-refractivity contribution < 1.29 is 19.1 Å². The van der Waals surface area contributed by atoms with E-state index in [-0.39, 0.29) is 11.8 Å². The fraction of sp³-hybridized carbons (Fsp3) is 0.641. The van der Waals surface area contributed by atoms with E-state index in [0.29, 0.717) is 24.2 Å². The van der Waals surface area contributed by atoms with Crippen LogP contribution in [0, 0.1) is 0 Å². The zero-order valence-electron chi connectivity index (χ0n) is 29.8. The summed E-state index contributed by atoms with van der Waals surface area (Å²) in [4.78, 5) is 33.5. The van der Waals surface area contributed by atoms with Crippen LogP contribution in [0.3, 0.4) is 0 Å². The number of unbranched alkanes of at least 4 members (excludes halogenated alkanes) is 10. The lowest BCUT2D eigenvalue weighted by Crippen LogP contribution is -2.47. The normalized spacial score (nSPS) is 15.4. The maximum Gasteiger partial charge on any atom is 0.253 e. The van der Waals surface area contributed by atoms with Crippen LogP contribution in [-0.4, -0.2) is 89.4 Å². The van der Waals surface area contributed by atoms with Crippen LogP contribution in [-0.2, 0) is 9.53 Å². The number of carbonyl (C=O) groups is 2. The van der Waals surface area contributed by atoms with E-state index in [1.54, 1.807) is 7.11 Å². The summed E-state index contributed by atoms with van der Waals surface area (Å²) in [6.45, 7) is 10.4. The minimum absolute atomic E-state index is 0.0148. The Bertz CT molecular complexity index is 1230. The quantitative estimate of drug-likeness (QED) is 0.138. The van der Waals surface area contributed by atoms with Gasteiger partial charge in [0.1, 0.15) is 5.75 Å². The van der Waals surface area contributed by atoms with E-state index < -0.39 is 0 Å². The molecule has 0 spiro atoms. The molecule has 2 aromatic rings. The lowest BCUT2D eigenvalue weighted by molar-refractivity contribution is -0.116. The number of carbonyl (C=O) groups excluding carboxylic acids is 2. The summed E-state index contributed by atoms with van der Waals surface area (Å²) in [6.07, 6.45) is 15.2. The Labute approximate surface area is 289 Å². The summed E-state index contributed by atoms with van der Waals surface area (Å²) in [5.74, 6) is 0.790. The second kappa shape index (κ2) is 21.6. The predicted octanol–water partition coefficient (Wildman–Crippen LogP) is 7.11. The fourth-order valence-corrected chi connectivity index (χ4v) is 6.75. The van der Waals surface area contributed by atoms with Crippen LogP contribution in [0.2, 0.25) is 0 Å². The Balaban J connectivity index is 1.29. The van der Waals surface area contributed by atoms with Crippen LogP contribution in [0.15, 0.2) is 42.5 Å². The van der Waals surface area contributed by atoms with E-state index in [1.165, 1.54) is 57.8 Å². The third-order valence-electron chi connectivity index (χ3n) is 9.62. The molecule has 2 N–H and O–H groups in total. The number of ether oxygens (including phenoxy) is 2. The third kappa shape index (κ3) is 12.6. The van der Waals surface area contributed by atoms with E-state index in [2.05, 4.69) is 38.3 Å². The Morgan fingerprint density at radius 1 is 0.750 bits per heavy atom. The van der Waals surface area contributed by atoms with Gasteiger partial charge in [0.05, 0.1) is 31.6 Å². The SMILES string of the molecule is CCCCCCCCCCCCCC(=O)Nc1ccc(N2CCN(c3ccccc3OC)CC2)c(C(=O)NCCCN2CCOCC2)c1. The van der Waals surface area contributed by atoms with E-state index in [1.807, 2.05) is 36.4 Å². The first kappa shape index (κ1) is 37.5. The fourth-order valence-electron chi connectivity index (χ4n) is 6.75. The number of para-hydroxylation sites is 2. The van der Waals surface area contributed by atoms with E-state index in [9.17, 15) is 9.59 Å². The van der Waals surface area contributed by atoms with Crippen molar-refractivity contribution in [1.29, 1.82) is 0 Å². The Morgan fingerprint density at radius 2 is 1.38 bits per heavy atom. The molecule has 0 aliphatic carbocycles. The average Bonchev–Trinajstić information content (AvgIpc) is 3.12. The third-order valence-corrected chi connectivity index (χ3v) is 9.62. The maximum atomic E-state index is 13.6. The Kier molecular flexibility index (Phi) is 16.9. The number of anilines is 3. The molecule has 2 heterocycles. The van der Waals surface area contributed by atoms with Gasteiger partial charge in [-0.25, -0.2) is 0 Å². The number of hydrogen-bond donors (Lipinski definition) is 2. The van der Waals surface area contributed by atoms with Crippen LogP contribution in [0.1, 0.15) is 101 Å². The number of rotatable bonds is 21. The highest BCUT2D eigenvalue weighted by Crippen LogP contribution is 2.31. The molecule has 0 bridgehead atoms. The Hall–Kier alpha value is -3.30. The number of amides is 2. The van der Waals surface area contributed by atoms with Gasteiger partial charge in [-0.05, 0) is 49.7 Å². The van der Waals surface area contributed by atoms with Crippen molar-refractivity contribution in [2.45, 2.75) is 90.4 Å². The van der Waals surface area contributed by atoms with Crippen molar-refractivity contribution in [1.82, 2.24) is 10.2 Å². The molecule has 0 saturated carbocycles. The number of nitrogens with one attached hydrogen (secondary N) is 2. The molecule has 0 radical (unpaired) electrons. The molecule has 2 fully saturated rings. The monoisotopic (exact) mass is 663 g/mol. The van der Waals surface area contributed by atoms with E-state index in [0.717, 1.165) is 95.4 Å². The van der Waals surface area contributed by atoms with Crippen LogP contribution in [0.4, 0.5) is 17.1 Å². The molecule has 48 heavy (non-hydrogen) atoms. The first-order valence-electron chi connectivity index (χ1n) is 18.7. The number of piperazine rings is 1. The molecule has 0 aromatic heterocycles. The van der Waals surface area contributed by atoms with E-state index >= 15 is 0 Å². The molecular weight excluding hydrogens is 602 g/mol. The summed E-state index contributed by atoms with van der Waals surface area (Å²) in [6, 6.07) is 13.9. The number of benzene rings is 2. The van der Waals surface area contributed by atoms with Crippen molar-refractivity contribution in [2.24, 2.45) is 0 Å². The lowest BCUT2D eigenvalue weighted by atomic mass is 10.1. The highest BCUT2D eigenvalue weighted by molar-refractivity contribution is 6.02. The second-order valence-electron chi connectivity index (χ2n) is 13.3. The number of nitrogens with zero attached hydrogens (tertiary/aromatic N) is 3. The van der Waals surface area contributed by atoms with Gasteiger partial charge in [0.15, 0.2) is 0 Å². The van der Waals surface area contributed by atoms with Crippen LogP contribution < -0.4 is 25.2 Å². The van der Waals surface area contributed by atoms with Crippen molar-refractivity contribution in [2.75, 3.05) is 87.8 Å². The smallest absolute Gasteiger partial charge is 0.253 e. The summed E-state index contributed by atoms with van der Waals surface area (Å²) in [5.41, 5.74) is 3.29. The van der Waals surface area contributed by atoms with Gasteiger partial charge in [0, 0.05) is 63.6 Å². The number of methoxy groups -OCH3 is 1. The molecule has 0 atom stereocenters. The van der Waals surface area contributed by atoms with E-state index in [4.69, 9.17) is 9.47 Å². The minimum atomic E-state index is -0.0967. The van der Waals surface area contributed by atoms with Gasteiger partial charge in [-0.2, -0.15) is 0 Å². The topological polar surface area (TPSA) is 86.4 Å². The van der Waals surface area contributed by atoms with Crippen molar-refractivity contribution >= 4 is 28.9 Å². The van der Waals surface area contributed by atoms with Crippen LogP contribution in [0.25, 0.3) is 0 Å². The van der Waals surface area contributed by atoms with Gasteiger partial charge in [-0.1, -0.05) is 83.3 Å².